The van der Waals surface area contributed by atoms with Crippen molar-refractivity contribution < 1.29 is 5.11 Å². The van der Waals surface area contributed by atoms with Gasteiger partial charge in [0.25, 0.3) is 0 Å². The lowest BCUT2D eigenvalue weighted by atomic mass is 9.85. The molecule has 0 aromatic rings. The van der Waals surface area contributed by atoms with E-state index in [4.69, 9.17) is 0 Å². The first kappa shape index (κ1) is 10.2. The summed E-state index contributed by atoms with van der Waals surface area (Å²) in [6.45, 7) is 0. The van der Waals surface area contributed by atoms with Gasteiger partial charge in [0.1, 0.15) is 0 Å². The third kappa shape index (κ3) is 2.84. The normalized spacial score (nSPS) is 29.2. The Kier molecular flexibility index (Phi) is 3.63. The van der Waals surface area contributed by atoms with Gasteiger partial charge in [0, 0.05) is 0 Å². The summed E-state index contributed by atoms with van der Waals surface area (Å²) in [6.07, 6.45) is 14.0. The van der Waals surface area contributed by atoms with Crippen LogP contribution in [0.15, 0.2) is 11.6 Å². The topological polar surface area (TPSA) is 20.2 Å². The van der Waals surface area contributed by atoms with Crippen LogP contribution in [0.1, 0.15) is 57.8 Å². The van der Waals surface area contributed by atoms with E-state index in [-0.39, 0.29) is 6.10 Å². The number of aliphatic hydroxyl groups is 1. The maximum atomic E-state index is 9.36. The highest BCUT2D eigenvalue weighted by Crippen LogP contribution is 2.31. The highest BCUT2D eigenvalue weighted by molar-refractivity contribution is 5.11. The molecule has 1 unspecified atom stereocenters. The quantitative estimate of drug-likeness (QED) is 0.682. The largest absolute Gasteiger partial charge is 0.389 e. The van der Waals surface area contributed by atoms with Crippen LogP contribution >= 0.6 is 0 Å². The van der Waals surface area contributed by atoms with E-state index in [0.717, 1.165) is 18.8 Å². The van der Waals surface area contributed by atoms with E-state index >= 15 is 0 Å². The predicted octanol–water partition coefficient (Wildman–Crippen LogP) is 3.43. The summed E-state index contributed by atoms with van der Waals surface area (Å²) in [4.78, 5) is 0. The maximum absolute atomic E-state index is 9.36. The average Bonchev–Trinajstić information content (AvgIpc) is 2.63. The Morgan fingerprint density at radius 3 is 2.57 bits per heavy atom. The van der Waals surface area contributed by atoms with Crippen molar-refractivity contribution in [3.05, 3.63) is 11.6 Å². The van der Waals surface area contributed by atoms with Crippen molar-refractivity contribution in [2.45, 2.75) is 63.9 Å². The zero-order valence-electron chi connectivity index (χ0n) is 9.04. The van der Waals surface area contributed by atoms with Gasteiger partial charge in [0.2, 0.25) is 0 Å². The summed E-state index contributed by atoms with van der Waals surface area (Å²) < 4.78 is 0. The van der Waals surface area contributed by atoms with E-state index in [1.165, 1.54) is 50.5 Å². The van der Waals surface area contributed by atoms with E-state index < -0.39 is 0 Å². The number of rotatable bonds is 3. The zero-order valence-corrected chi connectivity index (χ0v) is 9.04. The van der Waals surface area contributed by atoms with Crippen molar-refractivity contribution >= 4 is 0 Å². The van der Waals surface area contributed by atoms with Gasteiger partial charge in [-0.2, -0.15) is 0 Å². The fourth-order valence-electron chi connectivity index (χ4n) is 2.85. The number of aliphatic hydroxyl groups excluding tert-OH is 1. The Labute approximate surface area is 87.2 Å². The van der Waals surface area contributed by atoms with Crippen LogP contribution < -0.4 is 0 Å². The first-order valence-corrected chi connectivity index (χ1v) is 6.22. The monoisotopic (exact) mass is 194 g/mol. The lowest BCUT2D eigenvalue weighted by Crippen LogP contribution is -2.06. The van der Waals surface area contributed by atoms with Crippen LogP contribution in [0.4, 0.5) is 0 Å². The van der Waals surface area contributed by atoms with Crippen molar-refractivity contribution in [3.63, 3.8) is 0 Å². The lowest BCUT2D eigenvalue weighted by molar-refractivity contribution is 0.223. The summed E-state index contributed by atoms with van der Waals surface area (Å²) in [6, 6.07) is 0. The number of hydrogen-bond donors (Lipinski definition) is 1. The van der Waals surface area contributed by atoms with Gasteiger partial charge in [-0.15, -0.1) is 0 Å². The van der Waals surface area contributed by atoms with Crippen molar-refractivity contribution in [2.24, 2.45) is 5.92 Å². The van der Waals surface area contributed by atoms with Gasteiger partial charge in [-0.1, -0.05) is 43.8 Å². The predicted molar refractivity (Wildman–Crippen MR) is 59.1 cm³/mol. The molecule has 0 amide bonds. The standard InChI is InChI=1S/C13H22O/c14-13-9-8-12(10-13)7-6-11-4-2-1-3-5-11/h10-11,13-14H,1-9H2. The van der Waals surface area contributed by atoms with Crippen molar-refractivity contribution in [2.75, 3.05) is 0 Å². The third-order valence-corrected chi connectivity index (χ3v) is 3.79. The molecule has 1 saturated carbocycles. The summed E-state index contributed by atoms with van der Waals surface area (Å²) in [5.41, 5.74) is 1.52. The first-order chi connectivity index (χ1) is 6.84. The average molecular weight is 194 g/mol. The van der Waals surface area contributed by atoms with Crippen LogP contribution in [-0.2, 0) is 0 Å². The molecule has 1 nitrogen and oxygen atoms in total. The number of hydrogen-bond acceptors (Lipinski definition) is 1. The summed E-state index contributed by atoms with van der Waals surface area (Å²) in [5, 5.41) is 9.36. The van der Waals surface area contributed by atoms with Crippen LogP contribution in [0.2, 0.25) is 0 Å². The highest BCUT2D eigenvalue weighted by atomic mass is 16.3. The van der Waals surface area contributed by atoms with Gasteiger partial charge >= 0.3 is 0 Å². The minimum absolute atomic E-state index is 0.128. The molecular weight excluding hydrogens is 172 g/mol. The summed E-state index contributed by atoms with van der Waals surface area (Å²) in [7, 11) is 0. The molecule has 0 heterocycles. The Bertz CT molecular complexity index is 201. The minimum atomic E-state index is -0.128. The molecular formula is C13H22O. The first-order valence-electron chi connectivity index (χ1n) is 6.22. The SMILES string of the molecule is OC1C=C(CCC2CCCCC2)CC1. The maximum Gasteiger partial charge on any atom is 0.0726 e. The van der Waals surface area contributed by atoms with Crippen molar-refractivity contribution in [3.8, 4) is 0 Å². The van der Waals surface area contributed by atoms with Crippen molar-refractivity contribution in [1.29, 1.82) is 0 Å². The smallest absolute Gasteiger partial charge is 0.0726 e. The van der Waals surface area contributed by atoms with E-state index in [0.29, 0.717) is 0 Å². The van der Waals surface area contributed by atoms with E-state index in [9.17, 15) is 5.11 Å². The van der Waals surface area contributed by atoms with Crippen molar-refractivity contribution in [1.82, 2.24) is 0 Å². The molecule has 2 aliphatic carbocycles. The van der Waals surface area contributed by atoms with Gasteiger partial charge in [-0.25, -0.2) is 0 Å². The second kappa shape index (κ2) is 4.97. The minimum Gasteiger partial charge on any atom is -0.389 e. The van der Waals surface area contributed by atoms with Gasteiger partial charge < -0.3 is 5.11 Å². The van der Waals surface area contributed by atoms with Gasteiger partial charge in [0.05, 0.1) is 6.10 Å². The van der Waals surface area contributed by atoms with Gasteiger partial charge in [-0.3, -0.25) is 0 Å². The fraction of sp³-hybridized carbons (Fsp3) is 0.846. The highest BCUT2D eigenvalue weighted by Gasteiger charge is 2.16. The fourth-order valence-corrected chi connectivity index (χ4v) is 2.85. The van der Waals surface area contributed by atoms with Crippen LogP contribution in [0.3, 0.4) is 0 Å². The van der Waals surface area contributed by atoms with Gasteiger partial charge in [-0.05, 0) is 31.6 Å². The Hall–Kier alpha value is -0.300. The molecule has 2 rings (SSSR count). The second-order valence-electron chi connectivity index (χ2n) is 4.97. The molecule has 1 fully saturated rings. The molecule has 2 aliphatic rings. The van der Waals surface area contributed by atoms with Crippen LogP contribution in [0.5, 0.6) is 0 Å². The molecule has 80 valence electrons. The molecule has 0 radical (unpaired) electrons. The molecule has 0 saturated heterocycles. The van der Waals surface area contributed by atoms with E-state index in [2.05, 4.69) is 6.08 Å². The molecule has 0 aromatic heterocycles. The Balaban J connectivity index is 1.68. The lowest BCUT2D eigenvalue weighted by Gasteiger charge is -2.21. The summed E-state index contributed by atoms with van der Waals surface area (Å²) in [5.74, 6) is 0.988. The Morgan fingerprint density at radius 2 is 1.93 bits per heavy atom. The molecule has 0 aliphatic heterocycles. The second-order valence-corrected chi connectivity index (χ2v) is 4.97. The Morgan fingerprint density at radius 1 is 1.14 bits per heavy atom. The van der Waals surface area contributed by atoms with Crippen LogP contribution in [0.25, 0.3) is 0 Å². The molecule has 0 aromatic carbocycles. The molecule has 14 heavy (non-hydrogen) atoms. The van der Waals surface area contributed by atoms with E-state index in [1.54, 1.807) is 0 Å². The molecule has 1 N–H and O–H groups in total. The van der Waals surface area contributed by atoms with E-state index in [1.807, 2.05) is 0 Å². The van der Waals surface area contributed by atoms with Crippen LogP contribution in [0, 0.1) is 5.92 Å². The zero-order chi connectivity index (χ0) is 9.80. The molecule has 1 heteroatoms. The summed E-state index contributed by atoms with van der Waals surface area (Å²) >= 11 is 0. The molecule has 0 spiro atoms. The number of allylic oxidation sites excluding steroid dienone is 1. The van der Waals surface area contributed by atoms with Crippen LogP contribution in [-0.4, -0.2) is 11.2 Å². The molecule has 1 atom stereocenters. The molecule has 0 bridgehead atoms. The third-order valence-electron chi connectivity index (χ3n) is 3.79. The van der Waals surface area contributed by atoms with Gasteiger partial charge in [0.15, 0.2) is 0 Å².